The van der Waals surface area contributed by atoms with Gasteiger partial charge in [0.25, 0.3) is 0 Å². The van der Waals surface area contributed by atoms with Gasteiger partial charge in [0.15, 0.2) is 0 Å². The average Bonchev–Trinajstić information content (AvgIpc) is 2.80. The molecule has 1 heterocycles. The molecule has 2 fully saturated rings. The van der Waals surface area contributed by atoms with Crippen LogP contribution in [0.4, 0.5) is 4.79 Å². The first-order chi connectivity index (χ1) is 10.7. The lowest BCUT2D eigenvalue weighted by molar-refractivity contribution is -0.132. The van der Waals surface area contributed by atoms with Gasteiger partial charge in [-0.1, -0.05) is 6.92 Å². The Labute approximate surface area is 136 Å². The predicted octanol–water partition coefficient (Wildman–Crippen LogP) is -0.214. The highest BCUT2D eigenvalue weighted by Gasteiger charge is 2.42. The van der Waals surface area contributed by atoms with E-state index in [0.29, 0.717) is 25.8 Å². The van der Waals surface area contributed by atoms with Gasteiger partial charge in [0.1, 0.15) is 15.9 Å². The summed E-state index contributed by atoms with van der Waals surface area (Å²) in [5, 5.41) is 11.0. The number of nitrogens with two attached hydrogens (primary N) is 1. The van der Waals surface area contributed by atoms with Crippen LogP contribution >= 0.6 is 0 Å². The summed E-state index contributed by atoms with van der Waals surface area (Å²) in [5.41, 5.74) is 5.99. The Morgan fingerprint density at radius 2 is 2.09 bits per heavy atom. The molecule has 1 saturated carbocycles. The highest BCUT2D eigenvalue weighted by atomic mass is 32.2. The number of rotatable bonds is 5. The fourth-order valence-electron chi connectivity index (χ4n) is 3.63. The molecule has 8 nitrogen and oxygen atoms in total. The van der Waals surface area contributed by atoms with E-state index in [1.165, 1.54) is 0 Å². The zero-order valence-corrected chi connectivity index (χ0v) is 14.1. The zero-order valence-electron chi connectivity index (χ0n) is 13.3. The molecule has 9 heteroatoms. The minimum absolute atomic E-state index is 0.0304. The first-order valence-electron chi connectivity index (χ1n) is 7.99. The summed E-state index contributed by atoms with van der Waals surface area (Å²) < 4.78 is 24.0. The molecule has 0 aromatic carbocycles. The van der Waals surface area contributed by atoms with Crippen LogP contribution in [0.1, 0.15) is 32.6 Å². The number of hydrogen-bond acceptors (Lipinski definition) is 5. The van der Waals surface area contributed by atoms with E-state index in [1.807, 2.05) is 0 Å². The van der Waals surface area contributed by atoms with Gasteiger partial charge in [-0.05, 0) is 31.6 Å². The number of carbonyl (C=O) groups excluding carboxylic acids is 1. The van der Waals surface area contributed by atoms with Crippen LogP contribution in [0.25, 0.3) is 0 Å². The topological polar surface area (TPSA) is 130 Å². The molecule has 2 aliphatic rings. The maximum Gasteiger partial charge on any atom is 0.405 e. The second-order valence-electron chi connectivity index (χ2n) is 6.42. The smallest absolute Gasteiger partial charge is 0.405 e. The van der Waals surface area contributed by atoms with Crippen molar-refractivity contribution in [1.29, 1.82) is 0 Å². The van der Waals surface area contributed by atoms with E-state index in [0.717, 1.165) is 6.42 Å². The van der Waals surface area contributed by atoms with Gasteiger partial charge in [0.2, 0.25) is 5.91 Å². The fraction of sp³-hybridized carbons (Fsp3) is 0.857. The number of likely N-dealkylation sites (tertiary alicyclic amines) is 1. The second-order valence-corrected chi connectivity index (χ2v) is 8.82. The molecule has 2 amide bonds. The molecule has 0 bridgehead atoms. The Morgan fingerprint density at radius 1 is 1.39 bits per heavy atom. The molecule has 1 aliphatic carbocycles. The van der Waals surface area contributed by atoms with Crippen molar-refractivity contribution in [3.8, 4) is 0 Å². The molecular weight excluding hydrogens is 322 g/mol. The summed E-state index contributed by atoms with van der Waals surface area (Å²) in [5.74, 6) is -0.339. The normalized spacial score (nSPS) is 32.1. The second kappa shape index (κ2) is 7.04. The fourth-order valence-corrected chi connectivity index (χ4v) is 4.88. The summed E-state index contributed by atoms with van der Waals surface area (Å²) in [6.45, 7) is 2.06. The number of carbonyl (C=O) groups is 2. The molecule has 0 unspecified atom stereocenters. The summed E-state index contributed by atoms with van der Waals surface area (Å²) in [6, 6.07) is -0.954. The first kappa shape index (κ1) is 18.0. The van der Waals surface area contributed by atoms with E-state index in [4.69, 9.17) is 10.8 Å². The molecule has 0 radical (unpaired) electrons. The van der Waals surface area contributed by atoms with Gasteiger partial charge in [-0.3, -0.25) is 4.79 Å². The Balaban J connectivity index is 2.12. The Kier molecular flexibility index (Phi) is 5.51. The van der Waals surface area contributed by atoms with Gasteiger partial charge in [-0.15, -0.1) is 0 Å². The van der Waals surface area contributed by atoms with Crippen molar-refractivity contribution >= 4 is 21.8 Å². The summed E-state index contributed by atoms with van der Waals surface area (Å²) in [7, 11) is -3.16. The maximum atomic E-state index is 12.4. The van der Waals surface area contributed by atoms with Crippen LogP contribution in [0.2, 0.25) is 0 Å². The summed E-state index contributed by atoms with van der Waals surface area (Å²) >= 11 is 0. The lowest BCUT2D eigenvalue weighted by Crippen LogP contribution is -2.51. The highest BCUT2D eigenvalue weighted by Crippen LogP contribution is 2.32. The quantitative estimate of drug-likeness (QED) is 0.631. The Bertz CT molecular complexity index is 565. The van der Waals surface area contributed by atoms with E-state index in [9.17, 15) is 18.0 Å². The van der Waals surface area contributed by atoms with Crippen LogP contribution in [0.15, 0.2) is 0 Å². The Hall–Kier alpha value is -1.35. The van der Waals surface area contributed by atoms with Gasteiger partial charge in [-0.25, -0.2) is 13.2 Å². The van der Waals surface area contributed by atoms with E-state index in [2.05, 4.69) is 5.32 Å². The molecule has 0 aromatic heterocycles. The number of nitrogens with one attached hydrogen (secondary N) is 1. The molecule has 1 saturated heterocycles. The van der Waals surface area contributed by atoms with E-state index in [1.54, 1.807) is 11.8 Å². The van der Waals surface area contributed by atoms with Gasteiger partial charge in [0.05, 0.1) is 5.75 Å². The van der Waals surface area contributed by atoms with E-state index >= 15 is 0 Å². The largest absolute Gasteiger partial charge is 0.465 e. The van der Waals surface area contributed by atoms with E-state index < -0.39 is 22.0 Å². The third kappa shape index (κ3) is 4.35. The van der Waals surface area contributed by atoms with Crippen molar-refractivity contribution in [3.05, 3.63) is 0 Å². The SMILES string of the molecule is CCS(=O)(=O)C[C@@H]1C[C@H](N)CC[C@@H]1N1CC[C@H](NC(=O)O)C1=O. The number of sulfone groups is 1. The lowest BCUT2D eigenvalue weighted by Gasteiger charge is -2.40. The van der Waals surface area contributed by atoms with E-state index in [-0.39, 0.29) is 35.4 Å². The highest BCUT2D eigenvalue weighted by molar-refractivity contribution is 7.91. The van der Waals surface area contributed by atoms with Crippen LogP contribution < -0.4 is 11.1 Å². The molecule has 1 aliphatic heterocycles. The van der Waals surface area contributed by atoms with Crippen molar-refractivity contribution in [2.45, 2.75) is 50.7 Å². The first-order valence-corrected chi connectivity index (χ1v) is 9.81. The number of amides is 2. The van der Waals surface area contributed by atoms with Crippen LogP contribution in [-0.2, 0) is 14.6 Å². The molecule has 4 atom stereocenters. The molecule has 4 N–H and O–H groups in total. The predicted molar refractivity (Wildman–Crippen MR) is 84.7 cm³/mol. The van der Waals surface area contributed by atoms with Crippen LogP contribution in [0, 0.1) is 5.92 Å². The number of hydrogen-bond donors (Lipinski definition) is 3. The van der Waals surface area contributed by atoms with Crippen molar-refractivity contribution < 1.29 is 23.1 Å². The minimum atomic E-state index is -3.16. The van der Waals surface area contributed by atoms with Crippen molar-refractivity contribution in [2.75, 3.05) is 18.1 Å². The standard InChI is InChI=1S/C14H25N3O5S/c1-2-23(21,22)8-9-7-10(15)3-4-12(9)17-6-5-11(13(17)18)16-14(19)20/h9-12,16H,2-8,15H2,1H3,(H,19,20)/t9-,10+,11-,12-/m0/s1. The maximum absolute atomic E-state index is 12.4. The van der Waals surface area contributed by atoms with Gasteiger partial charge < -0.3 is 21.1 Å². The molecule has 132 valence electrons. The van der Waals surface area contributed by atoms with Crippen LogP contribution in [0.5, 0.6) is 0 Å². The van der Waals surface area contributed by atoms with Crippen molar-refractivity contribution in [2.24, 2.45) is 11.7 Å². The zero-order chi connectivity index (χ0) is 17.2. The van der Waals surface area contributed by atoms with Gasteiger partial charge >= 0.3 is 6.09 Å². The lowest BCUT2D eigenvalue weighted by atomic mass is 9.82. The molecule has 0 spiro atoms. The van der Waals surface area contributed by atoms with Crippen LogP contribution in [0.3, 0.4) is 0 Å². The molecule has 23 heavy (non-hydrogen) atoms. The third-order valence-corrected chi connectivity index (χ3v) is 6.64. The number of carboxylic acid groups (broad SMARTS) is 1. The third-order valence-electron chi connectivity index (χ3n) is 4.83. The van der Waals surface area contributed by atoms with Crippen LogP contribution in [-0.4, -0.2) is 66.6 Å². The van der Waals surface area contributed by atoms with Gasteiger partial charge in [-0.2, -0.15) is 0 Å². The van der Waals surface area contributed by atoms with Crippen molar-refractivity contribution in [1.82, 2.24) is 10.2 Å². The molecular formula is C14H25N3O5S. The van der Waals surface area contributed by atoms with Crippen molar-refractivity contribution in [3.63, 3.8) is 0 Å². The molecule has 2 rings (SSSR count). The number of nitrogens with zero attached hydrogens (tertiary/aromatic N) is 1. The average molecular weight is 347 g/mol. The van der Waals surface area contributed by atoms with Gasteiger partial charge in [0, 0.05) is 24.4 Å². The summed E-state index contributed by atoms with van der Waals surface area (Å²) in [6.07, 6.45) is 1.18. The monoisotopic (exact) mass is 347 g/mol. The Morgan fingerprint density at radius 3 is 2.70 bits per heavy atom. The summed E-state index contributed by atoms with van der Waals surface area (Å²) in [4.78, 5) is 24.8. The molecule has 0 aromatic rings. The minimum Gasteiger partial charge on any atom is -0.465 e.